The predicted molar refractivity (Wildman–Crippen MR) is 99.2 cm³/mol. The standard InChI is InChI=1S/C21H26N2O2/c22-21(25)18-9-3-6-16(14-18)15-23(12-5-13-24)20-11-4-8-17-7-1-2-10-19(17)20/h1-3,6-7,9-10,14,20,24H,4-5,8,11-13,15H2,(H2,22,25). The zero-order valence-corrected chi connectivity index (χ0v) is 14.5. The molecule has 1 amide bonds. The number of aliphatic hydroxyl groups excluding tert-OH is 1. The van der Waals surface area contributed by atoms with Crippen molar-refractivity contribution in [3.05, 3.63) is 70.8 Å². The maximum absolute atomic E-state index is 11.5. The summed E-state index contributed by atoms with van der Waals surface area (Å²) in [5.41, 5.74) is 9.87. The van der Waals surface area contributed by atoms with Gasteiger partial charge in [-0.25, -0.2) is 0 Å². The average molecular weight is 338 g/mol. The fourth-order valence-corrected chi connectivity index (χ4v) is 3.78. The summed E-state index contributed by atoms with van der Waals surface area (Å²) in [6.45, 7) is 1.77. The largest absolute Gasteiger partial charge is 0.396 e. The highest BCUT2D eigenvalue weighted by atomic mass is 16.3. The molecule has 4 heteroatoms. The SMILES string of the molecule is NC(=O)c1cccc(CN(CCCO)C2CCCc3ccccc32)c1. The third-order valence-electron chi connectivity index (χ3n) is 4.98. The highest BCUT2D eigenvalue weighted by Crippen LogP contribution is 2.35. The molecule has 0 saturated carbocycles. The first kappa shape index (κ1) is 17.6. The Morgan fingerprint density at radius 2 is 2.04 bits per heavy atom. The van der Waals surface area contributed by atoms with E-state index in [1.165, 1.54) is 17.5 Å². The summed E-state index contributed by atoms with van der Waals surface area (Å²) in [5, 5.41) is 9.30. The Morgan fingerprint density at radius 3 is 2.84 bits per heavy atom. The smallest absolute Gasteiger partial charge is 0.248 e. The minimum Gasteiger partial charge on any atom is -0.396 e. The summed E-state index contributed by atoms with van der Waals surface area (Å²) < 4.78 is 0. The zero-order chi connectivity index (χ0) is 17.6. The number of benzene rings is 2. The minimum absolute atomic E-state index is 0.187. The molecule has 2 aromatic carbocycles. The molecule has 1 aliphatic rings. The first-order valence-corrected chi connectivity index (χ1v) is 9.00. The number of amides is 1. The first-order chi connectivity index (χ1) is 12.2. The van der Waals surface area contributed by atoms with Gasteiger partial charge in [-0.2, -0.15) is 0 Å². The van der Waals surface area contributed by atoms with Gasteiger partial charge in [0.2, 0.25) is 5.91 Å². The van der Waals surface area contributed by atoms with E-state index in [1.54, 1.807) is 6.07 Å². The molecule has 0 radical (unpaired) electrons. The van der Waals surface area contributed by atoms with Gasteiger partial charge in [0.05, 0.1) is 0 Å². The Balaban J connectivity index is 1.85. The van der Waals surface area contributed by atoms with E-state index in [9.17, 15) is 9.90 Å². The molecule has 2 aromatic rings. The fraction of sp³-hybridized carbons (Fsp3) is 0.381. The first-order valence-electron chi connectivity index (χ1n) is 9.00. The van der Waals surface area contributed by atoms with E-state index in [1.807, 2.05) is 18.2 Å². The molecule has 4 nitrogen and oxygen atoms in total. The van der Waals surface area contributed by atoms with Gasteiger partial charge in [0.15, 0.2) is 0 Å². The van der Waals surface area contributed by atoms with Gasteiger partial charge in [0, 0.05) is 31.3 Å². The summed E-state index contributed by atoms with van der Waals surface area (Å²) in [6.07, 6.45) is 4.18. The number of fused-ring (bicyclic) bond motifs is 1. The molecular formula is C21H26N2O2. The normalized spacial score (nSPS) is 16.6. The van der Waals surface area contributed by atoms with Gasteiger partial charge < -0.3 is 10.8 Å². The van der Waals surface area contributed by atoms with Crippen LogP contribution in [0.1, 0.15) is 52.4 Å². The summed E-state index contributed by atoms with van der Waals surface area (Å²) in [5.74, 6) is -0.397. The average Bonchev–Trinajstić information content (AvgIpc) is 2.65. The summed E-state index contributed by atoms with van der Waals surface area (Å²) >= 11 is 0. The maximum Gasteiger partial charge on any atom is 0.248 e. The quantitative estimate of drug-likeness (QED) is 0.815. The molecule has 0 aliphatic heterocycles. The Morgan fingerprint density at radius 1 is 1.20 bits per heavy atom. The molecule has 3 N–H and O–H groups in total. The van der Waals surface area contributed by atoms with Crippen LogP contribution >= 0.6 is 0 Å². The number of aliphatic hydroxyl groups is 1. The molecule has 1 aliphatic carbocycles. The number of carbonyl (C=O) groups excluding carboxylic acids is 1. The van der Waals surface area contributed by atoms with E-state index in [2.05, 4.69) is 29.2 Å². The van der Waals surface area contributed by atoms with Crippen LogP contribution in [0.5, 0.6) is 0 Å². The monoisotopic (exact) mass is 338 g/mol. The zero-order valence-electron chi connectivity index (χ0n) is 14.5. The Bertz CT molecular complexity index is 729. The molecule has 1 unspecified atom stereocenters. The van der Waals surface area contributed by atoms with E-state index in [-0.39, 0.29) is 6.61 Å². The second kappa shape index (κ2) is 8.28. The molecule has 0 spiro atoms. The van der Waals surface area contributed by atoms with Crippen LogP contribution < -0.4 is 5.73 Å². The topological polar surface area (TPSA) is 66.6 Å². The van der Waals surface area contributed by atoms with Gasteiger partial charge in [0.1, 0.15) is 0 Å². The highest BCUT2D eigenvalue weighted by Gasteiger charge is 2.25. The van der Waals surface area contributed by atoms with E-state index in [0.717, 1.165) is 37.9 Å². The van der Waals surface area contributed by atoms with E-state index in [4.69, 9.17) is 5.73 Å². The van der Waals surface area contributed by atoms with Gasteiger partial charge in [-0.3, -0.25) is 9.69 Å². The highest BCUT2D eigenvalue weighted by molar-refractivity contribution is 5.92. The van der Waals surface area contributed by atoms with Gasteiger partial charge in [-0.05, 0) is 54.5 Å². The summed E-state index contributed by atoms with van der Waals surface area (Å²) in [4.78, 5) is 13.9. The molecular weight excluding hydrogens is 312 g/mol. The van der Waals surface area contributed by atoms with E-state index in [0.29, 0.717) is 11.6 Å². The summed E-state index contributed by atoms with van der Waals surface area (Å²) in [7, 11) is 0. The molecule has 132 valence electrons. The molecule has 0 bridgehead atoms. The van der Waals surface area contributed by atoms with Crippen LogP contribution in [0, 0.1) is 0 Å². The number of hydrogen-bond donors (Lipinski definition) is 2. The van der Waals surface area contributed by atoms with Crippen molar-refractivity contribution in [2.24, 2.45) is 5.73 Å². The molecule has 0 saturated heterocycles. The van der Waals surface area contributed by atoms with Crippen molar-refractivity contribution in [1.82, 2.24) is 4.90 Å². The number of primary amides is 1. The number of rotatable bonds is 7. The van der Waals surface area contributed by atoms with Crippen LogP contribution in [0.25, 0.3) is 0 Å². The lowest BCUT2D eigenvalue weighted by molar-refractivity contribution is 0.1000. The van der Waals surface area contributed by atoms with E-state index >= 15 is 0 Å². The van der Waals surface area contributed by atoms with Crippen molar-refractivity contribution >= 4 is 5.91 Å². The van der Waals surface area contributed by atoms with E-state index < -0.39 is 5.91 Å². The number of nitrogens with zero attached hydrogens (tertiary/aromatic N) is 1. The van der Waals surface area contributed by atoms with Crippen LogP contribution in [0.15, 0.2) is 48.5 Å². The molecule has 0 aromatic heterocycles. The van der Waals surface area contributed by atoms with Gasteiger partial charge in [0.25, 0.3) is 0 Å². The van der Waals surface area contributed by atoms with Gasteiger partial charge in [-0.1, -0.05) is 36.4 Å². The van der Waals surface area contributed by atoms with Crippen LogP contribution in [-0.4, -0.2) is 29.1 Å². The second-order valence-corrected chi connectivity index (χ2v) is 6.72. The van der Waals surface area contributed by atoms with Crippen molar-refractivity contribution in [2.75, 3.05) is 13.2 Å². The van der Waals surface area contributed by atoms with Gasteiger partial charge in [-0.15, -0.1) is 0 Å². The molecule has 3 rings (SSSR count). The Hall–Kier alpha value is -2.17. The number of hydrogen-bond acceptors (Lipinski definition) is 3. The Kier molecular flexibility index (Phi) is 5.84. The molecule has 25 heavy (non-hydrogen) atoms. The molecule has 0 fully saturated rings. The van der Waals surface area contributed by atoms with Crippen molar-refractivity contribution in [3.8, 4) is 0 Å². The van der Waals surface area contributed by atoms with Crippen LogP contribution in [0.2, 0.25) is 0 Å². The van der Waals surface area contributed by atoms with Crippen molar-refractivity contribution in [3.63, 3.8) is 0 Å². The lowest BCUT2D eigenvalue weighted by Crippen LogP contribution is -2.32. The maximum atomic E-state index is 11.5. The van der Waals surface area contributed by atoms with Gasteiger partial charge >= 0.3 is 0 Å². The third-order valence-corrected chi connectivity index (χ3v) is 4.98. The predicted octanol–water partition coefficient (Wildman–Crippen LogP) is 3.05. The van der Waals surface area contributed by atoms with Crippen molar-refractivity contribution in [1.29, 1.82) is 0 Å². The summed E-state index contributed by atoms with van der Waals surface area (Å²) in [6, 6.07) is 16.6. The lowest BCUT2D eigenvalue weighted by atomic mass is 9.86. The number of carbonyl (C=O) groups is 1. The van der Waals surface area contributed by atoms with Crippen molar-refractivity contribution in [2.45, 2.75) is 38.3 Å². The van der Waals surface area contributed by atoms with Crippen LogP contribution in [0.3, 0.4) is 0 Å². The number of nitrogens with two attached hydrogens (primary N) is 1. The lowest BCUT2D eigenvalue weighted by Gasteiger charge is -2.36. The second-order valence-electron chi connectivity index (χ2n) is 6.72. The van der Waals surface area contributed by atoms with Crippen LogP contribution in [-0.2, 0) is 13.0 Å². The molecule has 0 heterocycles. The molecule has 1 atom stereocenters. The van der Waals surface area contributed by atoms with Crippen molar-refractivity contribution < 1.29 is 9.90 Å². The minimum atomic E-state index is -0.397. The van der Waals surface area contributed by atoms with Crippen LogP contribution in [0.4, 0.5) is 0 Å². The third kappa shape index (κ3) is 4.27. The number of aryl methyl sites for hydroxylation is 1. The fourth-order valence-electron chi connectivity index (χ4n) is 3.78. The Labute approximate surface area is 149 Å².